The first kappa shape index (κ1) is 9.96. The van der Waals surface area contributed by atoms with E-state index in [1.807, 2.05) is 0 Å². The lowest BCUT2D eigenvalue weighted by Gasteiger charge is -2.34. The third-order valence-corrected chi connectivity index (χ3v) is 2.50. The average Bonchev–Trinajstić information content (AvgIpc) is 2.09. The first-order valence-corrected chi connectivity index (χ1v) is 4.81. The van der Waals surface area contributed by atoms with E-state index in [-0.39, 0.29) is 0 Å². The summed E-state index contributed by atoms with van der Waals surface area (Å²) in [5, 5.41) is 0. The van der Waals surface area contributed by atoms with Crippen molar-refractivity contribution in [3.63, 3.8) is 0 Å². The van der Waals surface area contributed by atoms with Gasteiger partial charge < -0.3 is 10.5 Å². The van der Waals surface area contributed by atoms with Gasteiger partial charge in [-0.15, -0.1) is 0 Å². The number of rotatable bonds is 3. The minimum atomic E-state index is 0.325. The molecule has 3 heteroatoms. The average molecular weight is 172 g/mol. The molecule has 0 bridgehead atoms. The molecule has 2 N–H and O–H groups in total. The molecule has 0 spiro atoms. The van der Waals surface area contributed by atoms with Gasteiger partial charge in [-0.25, -0.2) is 0 Å². The highest BCUT2D eigenvalue weighted by molar-refractivity contribution is 4.74. The Morgan fingerprint density at radius 3 is 3.00 bits per heavy atom. The molecule has 0 aromatic heterocycles. The fraction of sp³-hybridized carbons (Fsp3) is 1.00. The summed E-state index contributed by atoms with van der Waals surface area (Å²) in [6.45, 7) is 8.10. The van der Waals surface area contributed by atoms with Crippen molar-refractivity contribution in [1.29, 1.82) is 0 Å². The number of nitrogens with zero attached hydrogens (tertiary/aromatic N) is 1. The van der Waals surface area contributed by atoms with Crippen molar-refractivity contribution in [3.8, 4) is 0 Å². The largest absolute Gasteiger partial charge is 0.379 e. The van der Waals surface area contributed by atoms with Crippen molar-refractivity contribution in [3.05, 3.63) is 0 Å². The summed E-state index contributed by atoms with van der Waals surface area (Å²) in [7, 11) is 0. The zero-order valence-electron chi connectivity index (χ0n) is 8.12. The van der Waals surface area contributed by atoms with Gasteiger partial charge in [-0.3, -0.25) is 4.90 Å². The van der Waals surface area contributed by atoms with Crippen LogP contribution in [-0.2, 0) is 4.74 Å². The van der Waals surface area contributed by atoms with Gasteiger partial charge >= 0.3 is 0 Å². The van der Waals surface area contributed by atoms with Crippen molar-refractivity contribution in [2.45, 2.75) is 32.4 Å². The van der Waals surface area contributed by atoms with E-state index in [9.17, 15) is 0 Å². The minimum absolute atomic E-state index is 0.325. The highest BCUT2D eigenvalue weighted by Gasteiger charge is 2.19. The molecule has 3 nitrogen and oxygen atoms in total. The fourth-order valence-electron chi connectivity index (χ4n) is 1.46. The third-order valence-electron chi connectivity index (χ3n) is 2.50. The Balaban J connectivity index is 2.28. The van der Waals surface area contributed by atoms with Crippen molar-refractivity contribution < 1.29 is 4.74 Å². The molecule has 0 aromatic carbocycles. The second-order valence-electron chi connectivity index (χ2n) is 3.59. The summed E-state index contributed by atoms with van der Waals surface area (Å²) in [4.78, 5) is 2.41. The van der Waals surface area contributed by atoms with Crippen LogP contribution in [0.25, 0.3) is 0 Å². The molecule has 2 unspecified atom stereocenters. The van der Waals surface area contributed by atoms with Crippen LogP contribution >= 0.6 is 0 Å². The Hall–Kier alpha value is -0.120. The van der Waals surface area contributed by atoms with E-state index >= 15 is 0 Å². The van der Waals surface area contributed by atoms with Crippen LogP contribution in [0.5, 0.6) is 0 Å². The summed E-state index contributed by atoms with van der Waals surface area (Å²) >= 11 is 0. The maximum absolute atomic E-state index is 5.88. The Morgan fingerprint density at radius 1 is 1.67 bits per heavy atom. The van der Waals surface area contributed by atoms with E-state index in [1.165, 1.54) is 0 Å². The fourth-order valence-corrected chi connectivity index (χ4v) is 1.46. The van der Waals surface area contributed by atoms with Crippen LogP contribution < -0.4 is 5.73 Å². The van der Waals surface area contributed by atoms with Gasteiger partial charge in [-0.1, -0.05) is 6.92 Å². The van der Waals surface area contributed by atoms with E-state index in [4.69, 9.17) is 10.5 Å². The highest BCUT2D eigenvalue weighted by Crippen LogP contribution is 2.06. The lowest BCUT2D eigenvalue weighted by atomic mass is 10.2. The molecule has 0 radical (unpaired) electrons. The highest BCUT2D eigenvalue weighted by atomic mass is 16.5. The molecular weight excluding hydrogens is 152 g/mol. The molecule has 0 aromatic rings. The molecule has 1 saturated heterocycles. The van der Waals surface area contributed by atoms with Crippen molar-refractivity contribution in [2.24, 2.45) is 5.73 Å². The number of morpholine rings is 1. The predicted molar refractivity (Wildman–Crippen MR) is 50.1 cm³/mol. The zero-order chi connectivity index (χ0) is 8.97. The first-order chi connectivity index (χ1) is 5.74. The molecule has 0 aliphatic carbocycles. The first-order valence-electron chi connectivity index (χ1n) is 4.81. The van der Waals surface area contributed by atoms with Crippen LogP contribution in [0.1, 0.15) is 20.3 Å². The van der Waals surface area contributed by atoms with Crippen LogP contribution in [-0.4, -0.2) is 43.3 Å². The Morgan fingerprint density at radius 2 is 2.42 bits per heavy atom. The lowest BCUT2D eigenvalue weighted by Crippen LogP contribution is -2.48. The second-order valence-corrected chi connectivity index (χ2v) is 3.59. The standard InChI is InChI=1S/C9H20N2O/c1-3-9(10)6-11-4-5-12-7-8(11)2/h8-9H,3-7,10H2,1-2H3. The van der Waals surface area contributed by atoms with Gasteiger partial charge in [0.15, 0.2) is 0 Å². The number of nitrogens with two attached hydrogens (primary N) is 1. The maximum Gasteiger partial charge on any atom is 0.0619 e. The quantitative estimate of drug-likeness (QED) is 0.671. The summed E-state index contributed by atoms with van der Waals surface area (Å²) in [5.41, 5.74) is 5.88. The van der Waals surface area contributed by atoms with Crippen LogP contribution in [0.3, 0.4) is 0 Å². The molecule has 1 aliphatic heterocycles. The Labute approximate surface area is 74.9 Å². The molecule has 12 heavy (non-hydrogen) atoms. The number of hydrogen-bond donors (Lipinski definition) is 1. The van der Waals surface area contributed by atoms with Crippen molar-refractivity contribution in [1.82, 2.24) is 4.90 Å². The van der Waals surface area contributed by atoms with E-state index in [1.54, 1.807) is 0 Å². The molecule has 1 rings (SSSR count). The van der Waals surface area contributed by atoms with Gasteiger partial charge in [0.1, 0.15) is 0 Å². The number of hydrogen-bond acceptors (Lipinski definition) is 3. The van der Waals surface area contributed by atoms with Gasteiger partial charge in [0.25, 0.3) is 0 Å². The Bertz CT molecular complexity index is 130. The summed E-state index contributed by atoms with van der Waals surface area (Å²) in [6, 6.07) is 0.863. The Kier molecular flexibility index (Phi) is 3.98. The molecule has 1 heterocycles. The maximum atomic E-state index is 5.88. The molecule has 0 amide bonds. The molecular formula is C9H20N2O. The monoisotopic (exact) mass is 172 g/mol. The topological polar surface area (TPSA) is 38.5 Å². The van der Waals surface area contributed by atoms with E-state index < -0.39 is 0 Å². The molecule has 2 atom stereocenters. The van der Waals surface area contributed by atoms with Gasteiger partial charge in [0.2, 0.25) is 0 Å². The van der Waals surface area contributed by atoms with E-state index in [0.717, 1.165) is 32.7 Å². The van der Waals surface area contributed by atoms with Gasteiger partial charge in [-0.2, -0.15) is 0 Å². The summed E-state index contributed by atoms with van der Waals surface area (Å²) in [6.07, 6.45) is 1.06. The van der Waals surface area contributed by atoms with Crippen LogP contribution in [0.4, 0.5) is 0 Å². The lowest BCUT2D eigenvalue weighted by molar-refractivity contribution is -0.00282. The third kappa shape index (κ3) is 2.73. The smallest absolute Gasteiger partial charge is 0.0619 e. The van der Waals surface area contributed by atoms with E-state index in [0.29, 0.717) is 12.1 Å². The minimum Gasteiger partial charge on any atom is -0.379 e. The predicted octanol–water partition coefficient (Wildman–Crippen LogP) is 0.444. The molecule has 1 aliphatic rings. The van der Waals surface area contributed by atoms with Gasteiger partial charge in [-0.05, 0) is 13.3 Å². The molecule has 0 saturated carbocycles. The summed E-state index contributed by atoms with van der Waals surface area (Å²) in [5.74, 6) is 0. The normalized spacial score (nSPS) is 28.8. The zero-order valence-corrected chi connectivity index (χ0v) is 8.12. The number of ether oxygens (including phenoxy) is 1. The van der Waals surface area contributed by atoms with E-state index in [2.05, 4.69) is 18.7 Å². The van der Waals surface area contributed by atoms with Crippen LogP contribution in [0.2, 0.25) is 0 Å². The van der Waals surface area contributed by atoms with Gasteiger partial charge in [0.05, 0.1) is 13.2 Å². The van der Waals surface area contributed by atoms with Crippen LogP contribution in [0, 0.1) is 0 Å². The van der Waals surface area contributed by atoms with Gasteiger partial charge in [0, 0.05) is 25.2 Å². The SMILES string of the molecule is CCC(N)CN1CCOCC1C. The van der Waals surface area contributed by atoms with Crippen molar-refractivity contribution >= 4 is 0 Å². The van der Waals surface area contributed by atoms with Crippen molar-refractivity contribution in [2.75, 3.05) is 26.3 Å². The van der Waals surface area contributed by atoms with Crippen LogP contribution in [0.15, 0.2) is 0 Å². The summed E-state index contributed by atoms with van der Waals surface area (Å²) < 4.78 is 5.34. The molecule has 1 fully saturated rings. The molecule has 72 valence electrons. The second kappa shape index (κ2) is 4.80.